The molecular weight excluding hydrogens is 134 g/mol. The fraction of sp³-hybridized carbons (Fsp3) is 0.833. The maximum atomic E-state index is 10.1. The second-order valence-electron chi connectivity index (χ2n) is 2.03. The van der Waals surface area contributed by atoms with Crippen molar-refractivity contribution >= 4 is 5.97 Å². The van der Waals surface area contributed by atoms with E-state index in [1.807, 2.05) is 6.92 Å². The number of hydrogen-bond acceptors (Lipinski definition) is 3. The molecule has 0 heterocycles. The van der Waals surface area contributed by atoms with Gasteiger partial charge in [-0.1, -0.05) is 0 Å². The summed E-state index contributed by atoms with van der Waals surface area (Å²) in [4.78, 5) is 11.7. The number of hydrogen-bond donors (Lipinski definition) is 1. The molecule has 0 radical (unpaired) electrons. The van der Waals surface area contributed by atoms with E-state index in [4.69, 9.17) is 9.84 Å². The van der Waals surface area contributed by atoms with Crippen LogP contribution in [0.15, 0.2) is 0 Å². The molecule has 4 nitrogen and oxygen atoms in total. The van der Waals surface area contributed by atoms with Gasteiger partial charge in [0.15, 0.2) is 0 Å². The molecular formula is C6H13NO3. The predicted octanol–water partition coefficient (Wildman–Crippen LogP) is -0.00320. The lowest BCUT2D eigenvalue weighted by Crippen LogP contribution is -2.27. The summed E-state index contributed by atoms with van der Waals surface area (Å²) in [7, 11) is 1.70. The smallest absolute Gasteiger partial charge is 0.317 e. The van der Waals surface area contributed by atoms with E-state index in [0.717, 1.165) is 0 Å². The summed E-state index contributed by atoms with van der Waals surface area (Å²) in [5.41, 5.74) is 0. The average molecular weight is 147 g/mol. The maximum absolute atomic E-state index is 10.1. The van der Waals surface area contributed by atoms with E-state index in [0.29, 0.717) is 13.3 Å². The molecule has 0 aliphatic heterocycles. The Morgan fingerprint density at radius 2 is 2.30 bits per heavy atom. The standard InChI is InChI=1S/C6H13NO3/c1-3-10-5-7(2)4-6(8)9/h3-5H2,1-2H3,(H,8,9). The molecule has 0 unspecified atom stereocenters. The van der Waals surface area contributed by atoms with Crippen LogP contribution in [0.5, 0.6) is 0 Å². The zero-order valence-corrected chi connectivity index (χ0v) is 6.33. The van der Waals surface area contributed by atoms with E-state index in [-0.39, 0.29) is 6.54 Å². The molecule has 1 N–H and O–H groups in total. The fourth-order valence-electron chi connectivity index (χ4n) is 0.524. The van der Waals surface area contributed by atoms with Crippen molar-refractivity contribution in [2.24, 2.45) is 0 Å². The van der Waals surface area contributed by atoms with Gasteiger partial charge in [0.1, 0.15) is 0 Å². The highest BCUT2D eigenvalue weighted by molar-refractivity contribution is 5.68. The minimum absolute atomic E-state index is 0.0278. The Hall–Kier alpha value is -0.610. The van der Waals surface area contributed by atoms with Crippen molar-refractivity contribution in [3.8, 4) is 0 Å². The van der Waals surface area contributed by atoms with Gasteiger partial charge in [-0.3, -0.25) is 9.69 Å². The maximum Gasteiger partial charge on any atom is 0.317 e. The third-order valence-corrected chi connectivity index (χ3v) is 0.921. The Morgan fingerprint density at radius 3 is 2.70 bits per heavy atom. The Morgan fingerprint density at radius 1 is 1.70 bits per heavy atom. The van der Waals surface area contributed by atoms with Crippen LogP contribution in [-0.2, 0) is 9.53 Å². The van der Waals surface area contributed by atoms with Gasteiger partial charge in [0.05, 0.1) is 13.3 Å². The van der Waals surface area contributed by atoms with Crippen molar-refractivity contribution in [1.82, 2.24) is 4.90 Å². The van der Waals surface area contributed by atoms with E-state index in [2.05, 4.69) is 0 Å². The highest BCUT2D eigenvalue weighted by Crippen LogP contribution is 1.82. The zero-order chi connectivity index (χ0) is 7.98. The van der Waals surface area contributed by atoms with Gasteiger partial charge >= 0.3 is 5.97 Å². The van der Waals surface area contributed by atoms with Crippen molar-refractivity contribution in [1.29, 1.82) is 0 Å². The first-order valence-electron chi connectivity index (χ1n) is 3.15. The molecule has 0 bridgehead atoms. The second-order valence-corrected chi connectivity index (χ2v) is 2.03. The molecule has 0 rings (SSSR count). The van der Waals surface area contributed by atoms with E-state index in [9.17, 15) is 4.79 Å². The Bertz CT molecular complexity index is 105. The lowest BCUT2D eigenvalue weighted by Gasteiger charge is -2.12. The van der Waals surface area contributed by atoms with Crippen molar-refractivity contribution in [2.45, 2.75) is 6.92 Å². The van der Waals surface area contributed by atoms with Crippen molar-refractivity contribution < 1.29 is 14.6 Å². The fourth-order valence-corrected chi connectivity index (χ4v) is 0.524. The van der Waals surface area contributed by atoms with Crippen LogP contribution in [0, 0.1) is 0 Å². The predicted molar refractivity (Wildman–Crippen MR) is 36.8 cm³/mol. The number of likely N-dealkylation sites (N-methyl/N-ethyl adjacent to an activating group) is 1. The van der Waals surface area contributed by atoms with Gasteiger partial charge < -0.3 is 9.84 Å². The molecule has 0 amide bonds. The van der Waals surface area contributed by atoms with Gasteiger partial charge in [0, 0.05) is 6.61 Å². The van der Waals surface area contributed by atoms with E-state index < -0.39 is 5.97 Å². The SMILES string of the molecule is CCOCN(C)CC(=O)O. The largest absolute Gasteiger partial charge is 0.480 e. The third kappa shape index (κ3) is 5.53. The molecule has 0 saturated carbocycles. The first-order chi connectivity index (χ1) is 4.66. The second kappa shape index (κ2) is 5.20. The number of carboxylic acid groups (broad SMARTS) is 1. The van der Waals surface area contributed by atoms with Crippen LogP contribution in [0.4, 0.5) is 0 Å². The summed E-state index contributed by atoms with van der Waals surface area (Å²) < 4.78 is 4.96. The van der Waals surface area contributed by atoms with Crippen LogP contribution in [-0.4, -0.2) is 42.9 Å². The molecule has 10 heavy (non-hydrogen) atoms. The Balaban J connectivity index is 3.25. The van der Waals surface area contributed by atoms with E-state index in [1.54, 1.807) is 11.9 Å². The number of carboxylic acids is 1. The zero-order valence-electron chi connectivity index (χ0n) is 6.33. The van der Waals surface area contributed by atoms with Gasteiger partial charge in [-0.25, -0.2) is 0 Å². The van der Waals surface area contributed by atoms with Gasteiger partial charge in [-0.05, 0) is 14.0 Å². The summed E-state index contributed by atoms with van der Waals surface area (Å²) in [6, 6.07) is 0. The Labute approximate surface area is 60.4 Å². The normalized spacial score (nSPS) is 10.3. The average Bonchev–Trinajstić information content (AvgIpc) is 1.82. The van der Waals surface area contributed by atoms with Crippen LogP contribution >= 0.6 is 0 Å². The van der Waals surface area contributed by atoms with Gasteiger partial charge in [0.2, 0.25) is 0 Å². The first-order valence-corrected chi connectivity index (χ1v) is 3.15. The molecule has 0 fully saturated rings. The lowest BCUT2D eigenvalue weighted by atomic mass is 10.6. The minimum Gasteiger partial charge on any atom is -0.480 e. The first kappa shape index (κ1) is 9.39. The highest BCUT2D eigenvalue weighted by Gasteiger charge is 2.01. The van der Waals surface area contributed by atoms with Crippen molar-refractivity contribution in [3.05, 3.63) is 0 Å². The lowest BCUT2D eigenvalue weighted by molar-refractivity contribution is -0.139. The van der Waals surface area contributed by atoms with Crippen LogP contribution in [0.1, 0.15) is 6.92 Å². The highest BCUT2D eigenvalue weighted by atomic mass is 16.5. The number of carbonyl (C=O) groups is 1. The summed E-state index contributed by atoms with van der Waals surface area (Å²) in [5, 5.41) is 8.29. The molecule has 4 heteroatoms. The van der Waals surface area contributed by atoms with Crippen LogP contribution in [0.2, 0.25) is 0 Å². The monoisotopic (exact) mass is 147 g/mol. The Kier molecular flexibility index (Phi) is 4.88. The third-order valence-electron chi connectivity index (χ3n) is 0.921. The summed E-state index contributed by atoms with van der Waals surface area (Å²) >= 11 is 0. The topological polar surface area (TPSA) is 49.8 Å². The van der Waals surface area contributed by atoms with Gasteiger partial charge in [0.25, 0.3) is 0 Å². The molecule has 0 atom stereocenters. The molecule has 0 aromatic carbocycles. The molecule has 0 spiro atoms. The molecule has 0 aliphatic rings. The number of ether oxygens (including phenoxy) is 1. The van der Waals surface area contributed by atoms with Gasteiger partial charge in [-0.15, -0.1) is 0 Å². The summed E-state index contributed by atoms with van der Waals surface area (Å²) in [6.07, 6.45) is 0. The molecule has 0 aromatic heterocycles. The number of rotatable bonds is 5. The van der Waals surface area contributed by atoms with Crippen LogP contribution in [0.25, 0.3) is 0 Å². The van der Waals surface area contributed by atoms with Gasteiger partial charge in [-0.2, -0.15) is 0 Å². The van der Waals surface area contributed by atoms with E-state index >= 15 is 0 Å². The minimum atomic E-state index is -0.831. The number of aliphatic carboxylic acids is 1. The molecule has 0 aromatic rings. The van der Waals surface area contributed by atoms with Crippen molar-refractivity contribution in [2.75, 3.05) is 26.9 Å². The molecule has 0 aliphatic carbocycles. The quantitative estimate of drug-likeness (QED) is 0.556. The van der Waals surface area contributed by atoms with Crippen LogP contribution < -0.4 is 0 Å². The molecule has 0 saturated heterocycles. The number of nitrogens with zero attached hydrogens (tertiary/aromatic N) is 1. The molecule has 60 valence electrons. The summed E-state index contributed by atoms with van der Waals surface area (Å²) in [5.74, 6) is -0.831. The van der Waals surface area contributed by atoms with Crippen molar-refractivity contribution in [3.63, 3.8) is 0 Å². The summed E-state index contributed by atoms with van der Waals surface area (Å²) in [6.45, 7) is 2.89. The van der Waals surface area contributed by atoms with E-state index in [1.165, 1.54) is 0 Å². The van der Waals surface area contributed by atoms with Crippen LogP contribution in [0.3, 0.4) is 0 Å².